The number of aromatic amines is 1. The lowest BCUT2D eigenvalue weighted by Gasteiger charge is -2.46. The third-order valence-corrected chi connectivity index (χ3v) is 8.74. The van der Waals surface area contributed by atoms with Gasteiger partial charge in [-0.1, -0.05) is 140 Å². The molecule has 6 heteroatoms. The third kappa shape index (κ3) is 8.11. The number of nitrogens with one attached hydrogen (secondary N) is 1. The van der Waals surface area contributed by atoms with Crippen molar-refractivity contribution in [3.8, 4) is 0 Å². The van der Waals surface area contributed by atoms with Crippen LogP contribution in [0.15, 0.2) is 152 Å². The predicted octanol–water partition coefficient (Wildman–Crippen LogP) is 8.58. The molecule has 0 radical (unpaired) electrons. The molecule has 48 heavy (non-hydrogen) atoms. The van der Waals surface area contributed by atoms with Gasteiger partial charge in [0.2, 0.25) is 0 Å². The maximum absolute atomic E-state index is 7.04. The van der Waals surface area contributed by atoms with Gasteiger partial charge in [-0.25, -0.2) is 0 Å². The quantitative estimate of drug-likeness (QED) is 0.129. The second-order valence-corrected chi connectivity index (χ2v) is 12.2. The van der Waals surface area contributed by atoms with E-state index in [9.17, 15) is 0 Å². The van der Waals surface area contributed by atoms with Crippen molar-refractivity contribution in [2.75, 3.05) is 6.61 Å². The summed E-state index contributed by atoms with van der Waals surface area (Å²) in [5.74, 6) is 0. The van der Waals surface area contributed by atoms with Gasteiger partial charge in [0.05, 0.1) is 33.0 Å². The van der Waals surface area contributed by atoms with Crippen molar-refractivity contribution in [3.63, 3.8) is 0 Å². The van der Waals surface area contributed by atoms with E-state index in [1.807, 2.05) is 84.9 Å². The molecule has 1 fully saturated rings. The van der Waals surface area contributed by atoms with Crippen LogP contribution in [0.5, 0.6) is 0 Å². The molecule has 1 saturated heterocycles. The molecule has 0 spiro atoms. The first-order valence-corrected chi connectivity index (χ1v) is 16.6. The lowest BCUT2D eigenvalue weighted by atomic mass is 9.92. The minimum atomic E-state index is -0.492. The second-order valence-electron chi connectivity index (χ2n) is 12.2. The van der Waals surface area contributed by atoms with Gasteiger partial charge in [0.25, 0.3) is 0 Å². The zero-order valence-corrected chi connectivity index (χ0v) is 26.9. The number of hydrogen-bond acceptors (Lipinski definition) is 5. The number of benzene rings is 5. The molecule has 0 aliphatic carbocycles. The number of aromatic nitrogens is 1. The van der Waals surface area contributed by atoms with Gasteiger partial charge in [-0.2, -0.15) is 0 Å². The van der Waals surface area contributed by atoms with E-state index in [-0.39, 0.29) is 0 Å². The van der Waals surface area contributed by atoms with Crippen LogP contribution in [-0.2, 0) is 50.1 Å². The number of ether oxygens (including phenoxy) is 5. The molecule has 2 heterocycles. The smallest absolute Gasteiger partial charge is 0.127 e. The molecule has 244 valence electrons. The van der Waals surface area contributed by atoms with Gasteiger partial charge in [-0.3, -0.25) is 0 Å². The minimum Gasteiger partial charge on any atom is -0.374 e. The van der Waals surface area contributed by atoms with Crippen LogP contribution >= 0.6 is 0 Å². The molecule has 0 bridgehead atoms. The Labute approximate surface area is 282 Å². The van der Waals surface area contributed by atoms with E-state index < -0.39 is 30.5 Å². The van der Waals surface area contributed by atoms with Crippen LogP contribution in [0.25, 0.3) is 10.9 Å². The largest absolute Gasteiger partial charge is 0.374 e. The Morgan fingerprint density at radius 1 is 0.479 bits per heavy atom. The molecule has 1 N–H and O–H groups in total. The summed E-state index contributed by atoms with van der Waals surface area (Å²) in [6.07, 6.45) is -2.36. The number of hydrogen-bond donors (Lipinski definition) is 1. The predicted molar refractivity (Wildman–Crippen MR) is 187 cm³/mol. The summed E-state index contributed by atoms with van der Waals surface area (Å²) in [4.78, 5) is 3.62. The maximum atomic E-state index is 7.04. The van der Waals surface area contributed by atoms with E-state index in [4.69, 9.17) is 23.7 Å². The molecule has 1 aliphatic rings. The van der Waals surface area contributed by atoms with E-state index in [1.165, 1.54) is 0 Å². The van der Waals surface area contributed by atoms with Gasteiger partial charge in [0.1, 0.15) is 30.5 Å². The maximum Gasteiger partial charge on any atom is 0.127 e. The first-order valence-electron chi connectivity index (χ1n) is 16.6. The first kappa shape index (κ1) is 32.0. The van der Waals surface area contributed by atoms with E-state index in [0.29, 0.717) is 33.0 Å². The molecule has 1 aromatic heterocycles. The summed E-state index contributed by atoms with van der Waals surface area (Å²) >= 11 is 0. The van der Waals surface area contributed by atoms with Crippen molar-refractivity contribution in [2.24, 2.45) is 0 Å². The fraction of sp³-hybridized carbons (Fsp3) is 0.238. The number of fused-ring (bicyclic) bond motifs is 1. The lowest BCUT2D eigenvalue weighted by molar-refractivity contribution is -0.275. The van der Waals surface area contributed by atoms with Crippen molar-refractivity contribution in [2.45, 2.75) is 56.9 Å². The molecule has 0 saturated carbocycles. The summed E-state index contributed by atoms with van der Waals surface area (Å²) in [7, 11) is 0. The topological polar surface area (TPSA) is 61.9 Å². The van der Waals surface area contributed by atoms with Crippen LogP contribution in [-0.4, -0.2) is 36.0 Å². The summed E-state index contributed by atoms with van der Waals surface area (Å²) < 4.78 is 33.9. The van der Waals surface area contributed by atoms with Crippen molar-refractivity contribution in [3.05, 3.63) is 180 Å². The van der Waals surface area contributed by atoms with Gasteiger partial charge >= 0.3 is 0 Å². The monoisotopic (exact) mass is 639 g/mol. The molecule has 1 aliphatic heterocycles. The molecule has 6 aromatic rings. The second kappa shape index (κ2) is 16.0. The van der Waals surface area contributed by atoms with Crippen LogP contribution in [0, 0.1) is 0 Å². The van der Waals surface area contributed by atoms with Crippen LogP contribution in [0.1, 0.15) is 34.1 Å². The first-order chi connectivity index (χ1) is 23.8. The fourth-order valence-corrected chi connectivity index (χ4v) is 6.29. The number of H-pyrrole nitrogens is 1. The Morgan fingerprint density at radius 3 is 1.48 bits per heavy atom. The highest BCUT2D eigenvalue weighted by atomic mass is 16.6. The Kier molecular flexibility index (Phi) is 10.7. The normalized spacial score (nSPS) is 21.0. The van der Waals surface area contributed by atoms with Crippen LogP contribution < -0.4 is 0 Å². The lowest BCUT2D eigenvalue weighted by Crippen LogP contribution is -2.58. The SMILES string of the molecule is c1ccc(COC[C@H]2O[C@H](c3cc4ccccc4[nH]3)[C@H](OCc3ccccc3)[C@@H](OCc3ccccc3)[C@H]2OCc2ccccc2)cc1. The zero-order valence-electron chi connectivity index (χ0n) is 26.9. The Balaban J connectivity index is 1.24. The molecule has 5 aromatic carbocycles. The van der Waals surface area contributed by atoms with E-state index >= 15 is 0 Å². The standard InChI is InChI=1S/C42H41NO5/c1-5-15-31(16-6-1)26-44-30-38-40(45-27-32-17-7-2-8-18-32)42(47-29-34-21-11-4-12-22-34)41(46-28-33-19-9-3-10-20-33)39(48-38)37-25-35-23-13-14-24-36(35)43-37/h1-25,38-43H,26-30H2/t38-,39-,40+,41+,42+/m1/s1. The van der Waals surface area contributed by atoms with E-state index in [1.54, 1.807) is 0 Å². The zero-order chi connectivity index (χ0) is 32.4. The highest BCUT2D eigenvalue weighted by molar-refractivity contribution is 5.80. The molecule has 0 unspecified atom stereocenters. The third-order valence-electron chi connectivity index (χ3n) is 8.74. The number of para-hydroxylation sites is 1. The van der Waals surface area contributed by atoms with Gasteiger partial charge in [-0.15, -0.1) is 0 Å². The fourth-order valence-electron chi connectivity index (χ4n) is 6.29. The minimum absolute atomic E-state index is 0.321. The van der Waals surface area contributed by atoms with E-state index in [2.05, 4.69) is 71.7 Å². The van der Waals surface area contributed by atoms with Crippen molar-refractivity contribution in [1.29, 1.82) is 0 Å². The Bertz CT molecular complexity index is 1780. The van der Waals surface area contributed by atoms with Crippen molar-refractivity contribution >= 4 is 10.9 Å². The molecule has 7 rings (SSSR count). The van der Waals surface area contributed by atoms with Gasteiger partial charge in [0, 0.05) is 11.2 Å². The molecule has 0 amide bonds. The molecule has 5 atom stereocenters. The molecular formula is C42H41NO5. The van der Waals surface area contributed by atoms with Gasteiger partial charge < -0.3 is 28.7 Å². The average molecular weight is 640 g/mol. The van der Waals surface area contributed by atoms with Crippen LogP contribution in [0.4, 0.5) is 0 Å². The van der Waals surface area contributed by atoms with Crippen molar-refractivity contribution in [1.82, 2.24) is 4.98 Å². The van der Waals surface area contributed by atoms with Crippen LogP contribution in [0.2, 0.25) is 0 Å². The number of rotatable bonds is 14. The highest BCUT2D eigenvalue weighted by Crippen LogP contribution is 2.39. The summed E-state index contributed by atoms with van der Waals surface area (Å²) in [5, 5.41) is 1.11. The van der Waals surface area contributed by atoms with Gasteiger partial charge in [-0.05, 0) is 39.8 Å². The Hall–Kier alpha value is -4.56. The molecular weight excluding hydrogens is 598 g/mol. The Morgan fingerprint density at radius 2 is 0.938 bits per heavy atom. The van der Waals surface area contributed by atoms with Crippen LogP contribution in [0.3, 0.4) is 0 Å². The average Bonchev–Trinajstić information content (AvgIpc) is 3.59. The summed E-state index contributed by atoms with van der Waals surface area (Å²) in [5.41, 5.74) is 6.29. The summed E-state index contributed by atoms with van der Waals surface area (Å²) in [6, 6.07) is 51.3. The van der Waals surface area contributed by atoms with Crippen molar-refractivity contribution < 1.29 is 23.7 Å². The molecule has 6 nitrogen and oxygen atoms in total. The highest BCUT2D eigenvalue weighted by Gasteiger charge is 2.49. The summed E-state index contributed by atoms with van der Waals surface area (Å²) in [6.45, 7) is 1.99. The van der Waals surface area contributed by atoms with E-state index in [0.717, 1.165) is 38.9 Å². The van der Waals surface area contributed by atoms with Gasteiger partial charge in [0.15, 0.2) is 0 Å².